The van der Waals surface area contributed by atoms with Crippen molar-refractivity contribution in [1.82, 2.24) is 9.47 Å². The third kappa shape index (κ3) is 5.83. The summed E-state index contributed by atoms with van der Waals surface area (Å²) in [5, 5.41) is 9.54. The highest BCUT2D eigenvalue weighted by atomic mass is 16.5. The van der Waals surface area contributed by atoms with E-state index in [1.165, 1.54) is 6.08 Å². The normalized spacial score (nSPS) is 16.3. The second-order valence-electron chi connectivity index (χ2n) is 8.42. The molecule has 174 valence electrons. The van der Waals surface area contributed by atoms with E-state index < -0.39 is 5.97 Å². The second-order valence-corrected chi connectivity index (χ2v) is 8.42. The van der Waals surface area contributed by atoms with Crippen molar-refractivity contribution in [2.24, 2.45) is 5.92 Å². The van der Waals surface area contributed by atoms with Gasteiger partial charge in [0.1, 0.15) is 17.4 Å². The number of benzene rings is 1. The van der Waals surface area contributed by atoms with Crippen molar-refractivity contribution in [3.05, 3.63) is 52.9 Å². The molecule has 0 bridgehead atoms. The molecule has 7 nitrogen and oxygen atoms in total. The first-order valence-corrected chi connectivity index (χ1v) is 11.3. The number of likely N-dealkylation sites (tertiary alicyclic amines) is 1. The molecular formula is C26H31N3O4. The number of hydrogen-bond acceptors (Lipinski definition) is 5. The summed E-state index contributed by atoms with van der Waals surface area (Å²) in [5.41, 5.74) is 3.40. The Labute approximate surface area is 195 Å². The summed E-state index contributed by atoms with van der Waals surface area (Å²) >= 11 is 0. The summed E-state index contributed by atoms with van der Waals surface area (Å²) in [6, 6.07) is 11.6. The lowest BCUT2D eigenvalue weighted by molar-refractivity contribution is -0.149. The minimum Gasteiger partial charge on any atom is -0.494 e. The zero-order valence-corrected chi connectivity index (χ0v) is 19.8. The first-order valence-electron chi connectivity index (χ1n) is 11.3. The van der Waals surface area contributed by atoms with Gasteiger partial charge in [0, 0.05) is 30.2 Å². The number of carbonyl (C=O) groups is 2. The molecule has 1 fully saturated rings. The summed E-state index contributed by atoms with van der Waals surface area (Å²) in [6.45, 7) is 9.54. The molecule has 33 heavy (non-hydrogen) atoms. The van der Waals surface area contributed by atoms with Gasteiger partial charge in [0.25, 0.3) is 5.91 Å². The Balaban J connectivity index is 1.73. The third-order valence-corrected chi connectivity index (χ3v) is 5.85. The first-order chi connectivity index (χ1) is 15.8. The van der Waals surface area contributed by atoms with Crippen LogP contribution in [0.25, 0.3) is 11.8 Å². The molecule has 2 heterocycles. The van der Waals surface area contributed by atoms with Gasteiger partial charge in [0.05, 0.1) is 6.61 Å². The number of aryl methyl sites for hydroxylation is 1. The maximum absolute atomic E-state index is 12.5. The fourth-order valence-corrected chi connectivity index (χ4v) is 4.19. The molecule has 0 spiro atoms. The van der Waals surface area contributed by atoms with Gasteiger partial charge in [-0.15, -0.1) is 0 Å². The molecule has 0 aliphatic carbocycles. The van der Waals surface area contributed by atoms with Crippen LogP contribution in [0.3, 0.4) is 0 Å². The van der Waals surface area contributed by atoms with E-state index >= 15 is 0 Å². The van der Waals surface area contributed by atoms with Crippen LogP contribution in [-0.2, 0) is 14.3 Å². The second kappa shape index (κ2) is 10.9. The number of amides is 1. The zero-order chi connectivity index (χ0) is 24.0. The van der Waals surface area contributed by atoms with Gasteiger partial charge in [-0.2, -0.15) is 5.26 Å². The number of ether oxygens (including phenoxy) is 2. The molecule has 1 unspecified atom stereocenters. The molecule has 1 saturated heterocycles. The van der Waals surface area contributed by atoms with E-state index in [-0.39, 0.29) is 18.1 Å². The van der Waals surface area contributed by atoms with Crippen LogP contribution in [0.15, 0.2) is 35.9 Å². The molecule has 3 rings (SSSR count). The van der Waals surface area contributed by atoms with Crippen LogP contribution < -0.4 is 4.74 Å². The van der Waals surface area contributed by atoms with Gasteiger partial charge in [0.2, 0.25) is 0 Å². The molecule has 1 aliphatic heterocycles. The fourth-order valence-electron chi connectivity index (χ4n) is 4.19. The van der Waals surface area contributed by atoms with Crippen LogP contribution in [-0.4, -0.2) is 47.6 Å². The van der Waals surface area contributed by atoms with Crippen molar-refractivity contribution in [2.45, 2.75) is 40.5 Å². The predicted octanol–water partition coefficient (Wildman–Crippen LogP) is 4.20. The number of hydrogen-bond donors (Lipinski definition) is 0. The Morgan fingerprint density at radius 2 is 1.97 bits per heavy atom. The number of carbonyl (C=O) groups excluding carboxylic acids is 2. The topological polar surface area (TPSA) is 84.6 Å². The molecule has 1 aromatic heterocycles. The van der Waals surface area contributed by atoms with Gasteiger partial charge in [-0.25, -0.2) is 4.79 Å². The molecule has 2 aromatic rings. The van der Waals surface area contributed by atoms with E-state index in [1.54, 1.807) is 4.90 Å². The van der Waals surface area contributed by atoms with Crippen LogP contribution in [0, 0.1) is 31.1 Å². The Morgan fingerprint density at radius 1 is 1.24 bits per heavy atom. The maximum Gasteiger partial charge on any atom is 0.349 e. The molecule has 1 amide bonds. The van der Waals surface area contributed by atoms with Gasteiger partial charge in [-0.1, -0.05) is 6.92 Å². The summed E-state index contributed by atoms with van der Waals surface area (Å²) in [5.74, 6) is 0.230. The van der Waals surface area contributed by atoms with Crippen LogP contribution in [0.5, 0.6) is 5.75 Å². The average Bonchev–Trinajstić information content (AvgIpc) is 3.09. The molecule has 1 aliphatic rings. The molecule has 0 saturated carbocycles. The lowest BCUT2D eigenvalue weighted by atomic mass is 10.0. The number of esters is 1. The van der Waals surface area contributed by atoms with Crippen molar-refractivity contribution >= 4 is 18.0 Å². The van der Waals surface area contributed by atoms with Gasteiger partial charge >= 0.3 is 5.97 Å². The minimum absolute atomic E-state index is 0.137. The predicted molar refractivity (Wildman–Crippen MR) is 126 cm³/mol. The van der Waals surface area contributed by atoms with Gasteiger partial charge in [0.15, 0.2) is 6.61 Å². The SMILES string of the molecule is CCOc1ccc(-n2c(C)cc(/C=C(\C#N)C(=O)OCC(=O)N3CCCC(C)C3)c2C)cc1. The zero-order valence-electron chi connectivity index (χ0n) is 19.8. The van der Waals surface area contributed by atoms with E-state index in [0.29, 0.717) is 25.6 Å². The number of nitriles is 1. The summed E-state index contributed by atoms with van der Waals surface area (Å²) in [7, 11) is 0. The largest absolute Gasteiger partial charge is 0.494 e. The lowest BCUT2D eigenvalue weighted by Crippen LogP contribution is -2.41. The summed E-state index contributed by atoms with van der Waals surface area (Å²) in [6.07, 6.45) is 3.57. The molecule has 1 atom stereocenters. The highest BCUT2D eigenvalue weighted by molar-refractivity contribution is 5.99. The number of nitrogens with zero attached hydrogens (tertiary/aromatic N) is 3. The molecule has 1 aromatic carbocycles. The Morgan fingerprint density at radius 3 is 2.61 bits per heavy atom. The van der Waals surface area contributed by atoms with E-state index in [1.807, 2.05) is 61.7 Å². The monoisotopic (exact) mass is 449 g/mol. The molecular weight excluding hydrogens is 418 g/mol. The van der Waals surface area contributed by atoms with Crippen molar-refractivity contribution in [1.29, 1.82) is 5.26 Å². The van der Waals surface area contributed by atoms with Crippen molar-refractivity contribution in [2.75, 3.05) is 26.3 Å². The highest BCUT2D eigenvalue weighted by Gasteiger charge is 2.23. The van der Waals surface area contributed by atoms with Gasteiger partial charge in [-0.3, -0.25) is 4.79 Å². The standard InChI is InChI=1S/C26H31N3O4/c1-5-32-24-10-8-23(9-11-24)29-19(3)13-21(20(29)4)14-22(15-27)26(31)33-17-25(30)28-12-6-7-18(2)16-28/h8-11,13-14,18H,5-7,12,16-17H2,1-4H3/b22-14+. The lowest BCUT2D eigenvalue weighted by Gasteiger charge is -2.30. The summed E-state index contributed by atoms with van der Waals surface area (Å²) in [4.78, 5) is 26.6. The fraction of sp³-hybridized carbons (Fsp3) is 0.423. The quantitative estimate of drug-likeness (QED) is 0.359. The van der Waals surface area contributed by atoms with Crippen molar-refractivity contribution < 1.29 is 19.1 Å². The Hall–Kier alpha value is -3.53. The number of aromatic nitrogens is 1. The van der Waals surface area contributed by atoms with E-state index in [2.05, 4.69) is 6.92 Å². The van der Waals surface area contributed by atoms with E-state index in [0.717, 1.165) is 41.2 Å². The summed E-state index contributed by atoms with van der Waals surface area (Å²) < 4.78 is 12.7. The first kappa shape index (κ1) is 24.1. The number of piperidine rings is 1. The van der Waals surface area contributed by atoms with E-state index in [4.69, 9.17) is 9.47 Å². The van der Waals surface area contributed by atoms with Gasteiger partial charge in [-0.05, 0) is 81.5 Å². The van der Waals surface area contributed by atoms with Crippen LogP contribution in [0.4, 0.5) is 0 Å². The van der Waals surface area contributed by atoms with Gasteiger partial charge < -0.3 is 18.9 Å². The van der Waals surface area contributed by atoms with Crippen molar-refractivity contribution in [3.8, 4) is 17.5 Å². The Kier molecular flexibility index (Phi) is 7.94. The average molecular weight is 450 g/mol. The van der Waals surface area contributed by atoms with E-state index in [9.17, 15) is 14.9 Å². The molecule has 0 radical (unpaired) electrons. The smallest absolute Gasteiger partial charge is 0.349 e. The maximum atomic E-state index is 12.5. The van der Waals surface area contributed by atoms with Crippen LogP contribution in [0.1, 0.15) is 43.6 Å². The van der Waals surface area contributed by atoms with Crippen LogP contribution >= 0.6 is 0 Å². The highest BCUT2D eigenvalue weighted by Crippen LogP contribution is 2.24. The Bertz CT molecular complexity index is 1080. The van der Waals surface area contributed by atoms with Crippen molar-refractivity contribution in [3.63, 3.8) is 0 Å². The van der Waals surface area contributed by atoms with Crippen LogP contribution in [0.2, 0.25) is 0 Å². The molecule has 7 heteroatoms. The minimum atomic E-state index is -0.790. The molecule has 0 N–H and O–H groups in total. The number of rotatable bonds is 7. The third-order valence-electron chi connectivity index (χ3n) is 5.85.